The zero-order valence-corrected chi connectivity index (χ0v) is 13.5. The Labute approximate surface area is 141 Å². The Morgan fingerprint density at radius 3 is 2.25 bits per heavy atom. The summed E-state index contributed by atoms with van der Waals surface area (Å²) in [6.07, 6.45) is 1.68. The van der Waals surface area contributed by atoms with Crippen LogP contribution in [-0.2, 0) is 6.54 Å². The number of hydrogen-bond donors (Lipinski definition) is 1. The van der Waals surface area contributed by atoms with Gasteiger partial charge in [-0.25, -0.2) is 4.98 Å². The highest BCUT2D eigenvalue weighted by molar-refractivity contribution is 6.04. The Kier molecular flexibility index (Phi) is 4.87. The molecule has 3 aromatic rings. The third-order valence-electron chi connectivity index (χ3n) is 3.70. The molecule has 24 heavy (non-hydrogen) atoms. The molecule has 4 heteroatoms. The largest absolute Gasteiger partial charge is 0.355 e. The number of nitrogens with one attached hydrogen (secondary N) is 1. The molecule has 0 aliphatic heterocycles. The number of hydrogen-bond acceptors (Lipinski definition) is 3. The van der Waals surface area contributed by atoms with Crippen molar-refractivity contribution in [2.75, 3.05) is 17.3 Å². The number of nitrogens with zero attached hydrogens (tertiary/aromatic N) is 2. The Morgan fingerprint density at radius 1 is 0.958 bits per heavy atom. The van der Waals surface area contributed by atoms with Crippen LogP contribution in [-0.4, -0.2) is 17.9 Å². The second-order valence-electron chi connectivity index (χ2n) is 5.57. The number of carbonyl (C=O) groups excluding carboxylic acids is 1. The lowest BCUT2D eigenvalue weighted by molar-refractivity contribution is 0.102. The molecule has 1 heterocycles. The molecule has 4 nitrogen and oxygen atoms in total. The normalized spacial score (nSPS) is 10.2. The van der Waals surface area contributed by atoms with E-state index in [1.807, 2.05) is 55.6 Å². The molecule has 2 aromatic carbocycles. The molecule has 0 fully saturated rings. The molecule has 0 unspecified atom stereocenters. The van der Waals surface area contributed by atoms with Gasteiger partial charge in [-0.3, -0.25) is 4.79 Å². The topological polar surface area (TPSA) is 45.2 Å². The average Bonchev–Trinajstić information content (AvgIpc) is 2.64. The molecule has 0 aliphatic carbocycles. The van der Waals surface area contributed by atoms with Gasteiger partial charge in [0, 0.05) is 19.2 Å². The SMILES string of the molecule is CN(Cc1ccccc1)c1ccc(NC(=O)c2ccccc2)cn1. The Balaban J connectivity index is 1.64. The Bertz CT molecular complexity index is 786. The summed E-state index contributed by atoms with van der Waals surface area (Å²) in [5.41, 5.74) is 2.53. The molecule has 0 saturated carbocycles. The number of pyridine rings is 1. The van der Waals surface area contributed by atoms with Gasteiger partial charge in [0.05, 0.1) is 11.9 Å². The van der Waals surface area contributed by atoms with E-state index in [-0.39, 0.29) is 5.91 Å². The molecular formula is C20H19N3O. The third-order valence-corrected chi connectivity index (χ3v) is 3.70. The van der Waals surface area contributed by atoms with Crippen LogP contribution in [0.4, 0.5) is 11.5 Å². The summed E-state index contributed by atoms with van der Waals surface area (Å²) >= 11 is 0. The fourth-order valence-electron chi connectivity index (χ4n) is 2.42. The van der Waals surface area contributed by atoms with E-state index in [0.29, 0.717) is 11.3 Å². The van der Waals surface area contributed by atoms with Crippen LogP contribution in [0.5, 0.6) is 0 Å². The Hall–Kier alpha value is -3.14. The summed E-state index contributed by atoms with van der Waals surface area (Å²) in [5, 5.41) is 2.85. The van der Waals surface area contributed by atoms with Crippen LogP contribution in [0.3, 0.4) is 0 Å². The zero-order valence-electron chi connectivity index (χ0n) is 13.5. The molecular weight excluding hydrogens is 298 g/mol. The van der Waals surface area contributed by atoms with Gasteiger partial charge >= 0.3 is 0 Å². The number of rotatable bonds is 5. The number of anilines is 2. The minimum absolute atomic E-state index is 0.136. The Morgan fingerprint density at radius 2 is 1.62 bits per heavy atom. The van der Waals surface area contributed by atoms with E-state index in [9.17, 15) is 4.79 Å². The monoisotopic (exact) mass is 317 g/mol. The number of aromatic nitrogens is 1. The summed E-state index contributed by atoms with van der Waals surface area (Å²) in [6, 6.07) is 23.1. The zero-order chi connectivity index (χ0) is 16.8. The van der Waals surface area contributed by atoms with E-state index in [1.165, 1.54) is 5.56 Å². The molecule has 1 amide bonds. The molecule has 1 N–H and O–H groups in total. The highest BCUT2D eigenvalue weighted by Crippen LogP contribution is 2.16. The summed E-state index contributed by atoms with van der Waals surface area (Å²) < 4.78 is 0. The summed E-state index contributed by atoms with van der Waals surface area (Å²) in [5.74, 6) is 0.722. The fourth-order valence-corrected chi connectivity index (χ4v) is 2.42. The quantitative estimate of drug-likeness (QED) is 0.774. The molecule has 1 aromatic heterocycles. The first-order valence-corrected chi connectivity index (χ1v) is 7.80. The van der Waals surface area contributed by atoms with Crippen molar-refractivity contribution in [3.63, 3.8) is 0 Å². The van der Waals surface area contributed by atoms with Crippen LogP contribution in [0.25, 0.3) is 0 Å². The van der Waals surface area contributed by atoms with Crippen LogP contribution in [0, 0.1) is 0 Å². The number of amides is 1. The van der Waals surface area contributed by atoms with Crippen molar-refractivity contribution in [2.24, 2.45) is 0 Å². The van der Waals surface area contributed by atoms with Crippen LogP contribution in [0.15, 0.2) is 79.0 Å². The lowest BCUT2D eigenvalue weighted by atomic mass is 10.2. The third kappa shape index (κ3) is 3.98. The highest BCUT2D eigenvalue weighted by Gasteiger charge is 2.07. The van der Waals surface area contributed by atoms with Gasteiger partial charge in [0.2, 0.25) is 0 Å². The van der Waals surface area contributed by atoms with Gasteiger partial charge in [-0.05, 0) is 29.8 Å². The predicted octanol–water partition coefficient (Wildman–Crippen LogP) is 3.97. The molecule has 0 saturated heterocycles. The number of carbonyl (C=O) groups is 1. The molecule has 3 rings (SSSR count). The van der Waals surface area contributed by atoms with Gasteiger partial charge in [0.1, 0.15) is 5.82 Å². The van der Waals surface area contributed by atoms with E-state index in [0.717, 1.165) is 12.4 Å². The van der Waals surface area contributed by atoms with Gasteiger partial charge < -0.3 is 10.2 Å². The van der Waals surface area contributed by atoms with Gasteiger partial charge in [-0.2, -0.15) is 0 Å². The van der Waals surface area contributed by atoms with Gasteiger partial charge in [0.15, 0.2) is 0 Å². The molecule has 0 atom stereocenters. The lowest BCUT2D eigenvalue weighted by Crippen LogP contribution is -2.18. The minimum atomic E-state index is -0.136. The summed E-state index contributed by atoms with van der Waals surface area (Å²) in [6.45, 7) is 0.781. The molecule has 0 radical (unpaired) electrons. The van der Waals surface area contributed by atoms with Crippen LogP contribution >= 0.6 is 0 Å². The van der Waals surface area contributed by atoms with Crippen LogP contribution < -0.4 is 10.2 Å². The van der Waals surface area contributed by atoms with E-state index in [4.69, 9.17) is 0 Å². The predicted molar refractivity (Wildman–Crippen MR) is 97.2 cm³/mol. The maximum atomic E-state index is 12.1. The maximum Gasteiger partial charge on any atom is 0.255 e. The van der Waals surface area contributed by atoms with Gasteiger partial charge in [0.25, 0.3) is 5.91 Å². The van der Waals surface area contributed by atoms with Crippen molar-refractivity contribution < 1.29 is 4.79 Å². The fraction of sp³-hybridized carbons (Fsp3) is 0.100. The molecule has 0 bridgehead atoms. The first-order chi connectivity index (χ1) is 11.7. The van der Waals surface area contributed by atoms with Crippen molar-refractivity contribution in [3.05, 3.63) is 90.1 Å². The molecule has 120 valence electrons. The smallest absolute Gasteiger partial charge is 0.255 e. The standard InChI is InChI=1S/C20H19N3O/c1-23(15-16-8-4-2-5-9-16)19-13-12-18(14-21-19)22-20(24)17-10-6-3-7-11-17/h2-14H,15H2,1H3,(H,22,24). The van der Waals surface area contributed by atoms with E-state index < -0.39 is 0 Å². The number of benzene rings is 2. The van der Waals surface area contributed by atoms with Crippen LogP contribution in [0.2, 0.25) is 0 Å². The van der Waals surface area contributed by atoms with Crippen molar-refractivity contribution in [1.29, 1.82) is 0 Å². The average molecular weight is 317 g/mol. The van der Waals surface area contributed by atoms with Crippen molar-refractivity contribution >= 4 is 17.4 Å². The summed E-state index contributed by atoms with van der Waals surface area (Å²) in [7, 11) is 2.00. The van der Waals surface area contributed by atoms with E-state index in [1.54, 1.807) is 18.3 Å². The molecule has 0 aliphatic rings. The van der Waals surface area contributed by atoms with Crippen molar-refractivity contribution in [2.45, 2.75) is 6.54 Å². The van der Waals surface area contributed by atoms with Crippen LogP contribution in [0.1, 0.15) is 15.9 Å². The first-order valence-electron chi connectivity index (χ1n) is 7.80. The van der Waals surface area contributed by atoms with Crippen molar-refractivity contribution in [1.82, 2.24) is 4.98 Å². The van der Waals surface area contributed by atoms with E-state index >= 15 is 0 Å². The highest BCUT2D eigenvalue weighted by atomic mass is 16.1. The lowest BCUT2D eigenvalue weighted by Gasteiger charge is -2.18. The van der Waals surface area contributed by atoms with Gasteiger partial charge in [-0.1, -0.05) is 48.5 Å². The molecule has 0 spiro atoms. The minimum Gasteiger partial charge on any atom is -0.355 e. The van der Waals surface area contributed by atoms with E-state index in [2.05, 4.69) is 27.3 Å². The second kappa shape index (κ2) is 7.42. The van der Waals surface area contributed by atoms with Crippen molar-refractivity contribution in [3.8, 4) is 0 Å². The maximum absolute atomic E-state index is 12.1. The van der Waals surface area contributed by atoms with Gasteiger partial charge in [-0.15, -0.1) is 0 Å². The second-order valence-corrected chi connectivity index (χ2v) is 5.57. The summed E-state index contributed by atoms with van der Waals surface area (Å²) in [4.78, 5) is 18.6. The first kappa shape index (κ1) is 15.7.